The third kappa shape index (κ3) is 2.54. The van der Waals surface area contributed by atoms with Crippen LogP contribution in [-0.2, 0) is 12.0 Å². The Bertz CT molecular complexity index is 735. The second-order valence-electron chi connectivity index (χ2n) is 7.37. The van der Waals surface area contributed by atoms with E-state index < -0.39 is 12.1 Å². The highest BCUT2D eigenvalue weighted by atomic mass is 16.4. The molecule has 2 atom stereocenters. The predicted octanol–water partition coefficient (Wildman–Crippen LogP) is 2.18. The Morgan fingerprint density at radius 3 is 2.68 bits per heavy atom. The van der Waals surface area contributed by atoms with Gasteiger partial charge in [-0.05, 0) is 37.1 Å². The average molecular weight is 346 g/mol. The Kier molecular flexibility index (Phi) is 4.15. The number of likely N-dealkylation sites (tertiary alicyclic amines) is 1. The standard InChI is InChI=1S/C18H26N4O3/c1-11-8-12(10-22(17(24)25)16(23)19-3)9-13-14(11)21(5)15-18(13,2)6-7-20(15)4/h8-9,15H,6-7,10H2,1-5H3,(H,19,23)(H,24,25)/t15-,18+/m1/s1. The summed E-state index contributed by atoms with van der Waals surface area (Å²) < 4.78 is 0. The molecule has 3 rings (SSSR count). The minimum atomic E-state index is -1.25. The summed E-state index contributed by atoms with van der Waals surface area (Å²) in [7, 11) is 5.70. The van der Waals surface area contributed by atoms with Gasteiger partial charge in [-0.25, -0.2) is 14.5 Å². The van der Waals surface area contributed by atoms with Crippen LogP contribution in [0.4, 0.5) is 15.3 Å². The summed E-state index contributed by atoms with van der Waals surface area (Å²) in [5, 5.41) is 11.7. The van der Waals surface area contributed by atoms with Crippen molar-refractivity contribution in [1.82, 2.24) is 15.1 Å². The van der Waals surface area contributed by atoms with Crippen LogP contribution < -0.4 is 10.2 Å². The summed E-state index contributed by atoms with van der Waals surface area (Å²) in [6.07, 6.45) is 0.122. The fourth-order valence-electron chi connectivity index (χ4n) is 4.66. The predicted molar refractivity (Wildman–Crippen MR) is 96.0 cm³/mol. The molecule has 0 radical (unpaired) electrons. The monoisotopic (exact) mass is 346 g/mol. The number of carbonyl (C=O) groups excluding carboxylic acids is 1. The van der Waals surface area contributed by atoms with Crippen LogP contribution in [0.1, 0.15) is 30.0 Å². The number of carbonyl (C=O) groups is 2. The Morgan fingerprint density at radius 2 is 2.08 bits per heavy atom. The summed E-state index contributed by atoms with van der Waals surface area (Å²) in [4.78, 5) is 28.8. The number of imide groups is 1. The van der Waals surface area contributed by atoms with Gasteiger partial charge in [-0.15, -0.1) is 0 Å². The van der Waals surface area contributed by atoms with Gasteiger partial charge in [-0.1, -0.05) is 19.1 Å². The second kappa shape index (κ2) is 5.91. The highest BCUT2D eigenvalue weighted by Gasteiger charge is 2.52. The van der Waals surface area contributed by atoms with Gasteiger partial charge in [-0.3, -0.25) is 4.90 Å². The molecular weight excluding hydrogens is 320 g/mol. The van der Waals surface area contributed by atoms with Crippen molar-refractivity contribution < 1.29 is 14.7 Å². The second-order valence-corrected chi connectivity index (χ2v) is 7.37. The molecule has 0 unspecified atom stereocenters. The molecule has 0 spiro atoms. The molecule has 2 aliphatic rings. The largest absolute Gasteiger partial charge is 0.465 e. The quantitative estimate of drug-likeness (QED) is 0.858. The summed E-state index contributed by atoms with van der Waals surface area (Å²) in [5.74, 6) is 0. The number of benzene rings is 1. The van der Waals surface area contributed by atoms with E-state index in [9.17, 15) is 14.7 Å². The zero-order valence-electron chi connectivity index (χ0n) is 15.5. The van der Waals surface area contributed by atoms with Gasteiger partial charge in [0.15, 0.2) is 0 Å². The molecule has 2 aliphatic heterocycles. The molecule has 1 saturated heterocycles. The first kappa shape index (κ1) is 17.5. The molecule has 2 heterocycles. The average Bonchev–Trinajstić information content (AvgIpc) is 2.97. The zero-order valence-corrected chi connectivity index (χ0v) is 15.5. The fourth-order valence-corrected chi connectivity index (χ4v) is 4.66. The summed E-state index contributed by atoms with van der Waals surface area (Å²) in [5.41, 5.74) is 4.44. The first-order valence-electron chi connectivity index (χ1n) is 8.50. The highest BCUT2D eigenvalue weighted by molar-refractivity contribution is 5.89. The SMILES string of the molecule is CNC(=O)N(Cc1cc(C)c2c(c1)[C@]1(C)CCN(C)[C@@H]1N2C)C(=O)O. The van der Waals surface area contributed by atoms with E-state index >= 15 is 0 Å². The molecule has 0 saturated carbocycles. The number of rotatable bonds is 2. The summed E-state index contributed by atoms with van der Waals surface area (Å²) >= 11 is 0. The number of likely N-dealkylation sites (N-methyl/N-ethyl adjacent to an activating group) is 2. The van der Waals surface area contributed by atoms with E-state index in [4.69, 9.17) is 0 Å². The van der Waals surface area contributed by atoms with Crippen molar-refractivity contribution in [3.63, 3.8) is 0 Å². The molecular formula is C18H26N4O3. The van der Waals surface area contributed by atoms with E-state index in [-0.39, 0.29) is 12.0 Å². The van der Waals surface area contributed by atoms with E-state index in [2.05, 4.69) is 42.2 Å². The van der Waals surface area contributed by atoms with Gasteiger partial charge in [0.2, 0.25) is 0 Å². The minimum Gasteiger partial charge on any atom is -0.465 e. The molecule has 7 heteroatoms. The number of nitrogens with one attached hydrogen (secondary N) is 1. The molecule has 25 heavy (non-hydrogen) atoms. The maximum absolute atomic E-state index is 11.8. The van der Waals surface area contributed by atoms with Crippen molar-refractivity contribution in [1.29, 1.82) is 0 Å². The van der Waals surface area contributed by atoms with Gasteiger partial charge in [0.05, 0.1) is 12.7 Å². The Labute approximate surface area is 148 Å². The number of hydrogen-bond acceptors (Lipinski definition) is 4. The molecule has 1 aromatic rings. The van der Waals surface area contributed by atoms with Crippen molar-refractivity contribution >= 4 is 17.8 Å². The molecule has 1 aromatic carbocycles. The Balaban J connectivity index is 2.02. The normalized spacial score (nSPS) is 24.8. The third-order valence-corrected chi connectivity index (χ3v) is 5.70. The van der Waals surface area contributed by atoms with Crippen LogP contribution >= 0.6 is 0 Å². The van der Waals surface area contributed by atoms with Crippen LogP contribution in [0.15, 0.2) is 12.1 Å². The Hall–Kier alpha value is -2.28. The van der Waals surface area contributed by atoms with Crippen LogP contribution in [0.5, 0.6) is 0 Å². The number of anilines is 1. The lowest BCUT2D eigenvalue weighted by molar-refractivity contribution is 0.146. The van der Waals surface area contributed by atoms with Crippen molar-refractivity contribution in [2.75, 3.05) is 32.6 Å². The molecule has 1 fully saturated rings. The molecule has 2 N–H and O–H groups in total. The number of aryl methyl sites for hydroxylation is 1. The number of hydrogen-bond donors (Lipinski definition) is 2. The summed E-state index contributed by atoms with van der Waals surface area (Å²) in [6.45, 7) is 5.41. The van der Waals surface area contributed by atoms with Crippen LogP contribution in [0, 0.1) is 6.92 Å². The van der Waals surface area contributed by atoms with Gasteiger partial charge in [-0.2, -0.15) is 0 Å². The topological polar surface area (TPSA) is 76.1 Å². The molecule has 0 bridgehead atoms. The van der Waals surface area contributed by atoms with Gasteiger partial charge >= 0.3 is 12.1 Å². The Morgan fingerprint density at radius 1 is 1.40 bits per heavy atom. The van der Waals surface area contributed by atoms with Crippen molar-refractivity contribution in [2.24, 2.45) is 0 Å². The van der Waals surface area contributed by atoms with Crippen LogP contribution in [0.2, 0.25) is 0 Å². The van der Waals surface area contributed by atoms with Gasteiger partial charge in [0, 0.05) is 31.7 Å². The molecule has 0 aliphatic carbocycles. The van der Waals surface area contributed by atoms with Crippen LogP contribution in [-0.4, -0.2) is 60.9 Å². The van der Waals surface area contributed by atoms with Crippen molar-refractivity contribution in [3.8, 4) is 0 Å². The first-order chi connectivity index (χ1) is 11.7. The lowest BCUT2D eigenvalue weighted by Gasteiger charge is -2.32. The molecule has 3 amide bonds. The molecule has 136 valence electrons. The van der Waals surface area contributed by atoms with Crippen molar-refractivity contribution in [2.45, 2.75) is 38.4 Å². The number of carboxylic acid groups (broad SMARTS) is 1. The van der Waals surface area contributed by atoms with Gasteiger partial charge in [0.1, 0.15) is 0 Å². The number of nitrogens with zero attached hydrogens (tertiary/aromatic N) is 3. The maximum atomic E-state index is 11.8. The third-order valence-electron chi connectivity index (χ3n) is 5.70. The molecule has 7 nitrogen and oxygen atoms in total. The number of urea groups is 1. The number of amides is 3. The van der Waals surface area contributed by atoms with Gasteiger partial charge < -0.3 is 15.3 Å². The zero-order chi connectivity index (χ0) is 18.5. The molecule has 0 aromatic heterocycles. The van der Waals surface area contributed by atoms with Crippen molar-refractivity contribution in [3.05, 3.63) is 28.8 Å². The van der Waals surface area contributed by atoms with E-state index in [0.717, 1.165) is 29.0 Å². The van der Waals surface area contributed by atoms with Crippen LogP contribution in [0.25, 0.3) is 0 Å². The van der Waals surface area contributed by atoms with Gasteiger partial charge in [0.25, 0.3) is 0 Å². The smallest absolute Gasteiger partial charge is 0.415 e. The summed E-state index contributed by atoms with van der Waals surface area (Å²) in [6, 6.07) is 3.45. The van der Waals surface area contributed by atoms with E-state index in [1.54, 1.807) is 0 Å². The lowest BCUT2D eigenvalue weighted by Crippen LogP contribution is -2.45. The fraction of sp³-hybridized carbons (Fsp3) is 0.556. The highest BCUT2D eigenvalue weighted by Crippen LogP contribution is 2.52. The van der Waals surface area contributed by atoms with E-state index in [1.165, 1.54) is 18.3 Å². The lowest BCUT2D eigenvalue weighted by atomic mass is 9.80. The van der Waals surface area contributed by atoms with Crippen LogP contribution in [0.3, 0.4) is 0 Å². The first-order valence-corrected chi connectivity index (χ1v) is 8.50. The number of fused-ring (bicyclic) bond motifs is 3. The maximum Gasteiger partial charge on any atom is 0.415 e. The minimum absolute atomic E-state index is 0.0146. The van der Waals surface area contributed by atoms with E-state index in [0.29, 0.717) is 6.17 Å². The van der Waals surface area contributed by atoms with E-state index in [1.807, 2.05) is 13.0 Å².